The van der Waals surface area contributed by atoms with Crippen molar-refractivity contribution in [3.05, 3.63) is 65.2 Å². The van der Waals surface area contributed by atoms with Gasteiger partial charge in [0.15, 0.2) is 5.11 Å². The van der Waals surface area contributed by atoms with Gasteiger partial charge in [-0.3, -0.25) is 4.90 Å². The van der Waals surface area contributed by atoms with Crippen molar-refractivity contribution in [1.29, 1.82) is 0 Å². The summed E-state index contributed by atoms with van der Waals surface area (Å²) in [5.74, 6) is 0. The average molecular weight is 356 g/mol. The second-order valence-electron chi connectivity index (χ2n) is 6.28. The number of anilines is 1. The van der Waals surface area contributed by atoms with E-state index in [1.54, 1.807) is 0 Å². The number of nitrogens with zero attached hydrogens (tertiary/aromatic N) is 1. The number of hydrogen-bond donors (Lipinski definition) is 2. The molecule has 25 heavy (non-hydrogen) atoms. The fourth-order valence-corrected chi connectivity index (χ4v) is 3.18. The molecule has 134 valence electrons. The predicted molar refractivity (Wildman–Crippen MR) is 112 cm³/mol. The zero-order chi connectivity index (χ0) is 18.2. The average Bonchev–Trinajstić information content (AvgIpc) is 2.62. The molecule has 0 spiro atoms. The van der Waals surface area contributed by atoms with E-state index in [0.717, 1.165) is 25.3 Å². The molecule has 4 heteroatoms. The standard InChI is InChI=1S/C21H29N3S/c1-5-24(6-2)20(18-10-8-7-9-11-18)15-22-21(25)23-19-13-12-16(3)17(4)14-19/h7-14,20H,5-6,15H2,1-4H3,(H2,22,23,25)/t20-/m1/s1. The summed E-state index contributed by atoms with van der Waals surface area (Å²) < 4.78 is 0. The van der Waals surface area contributed by atoms with Crippen molar-refractivity contribution in [3.63, 3.8) is 0 Å². The third-order valence-corrected chi connectivity index (χ3v) is 4.90. The highest BCUT2D eigenvalue weighted by Gasteiger charge is 2.17. The van der Waals surface area contributed by atoms with E-state index >= 15 is 0 Å². The third kappa shape index (κ3) is 5.55. The summed E-state index contributed by atoms with van der Waals surface area (Å²) in [6, 6.07) is 17.2. The topological polar surface area (TPSA) is 27.3 Å². The lowest BCUT2D eigenvalue weighted by Gasteiger charge is -2.30. The van der Waals surface area contributed by atoms with E-state index in [-0.39, 0.29) is 0 Å². The van der Waals surface area contributed by atoms with E-state index in [2.05, 4.69) is 91.8 Å². The molecule has 0 saturated carbocycles. The largest absolute Gasteiger partial charge is 0.361 e. The molecule has 0 unspecified atom stereocenters. The zero-order valence-electron chi connectivity index (χ0n) is 15.7. The van der Waals surface area contributed by atoms with Crippen LogP contribution in [0.15, 0.2) is 48.5 Å². The first kappa shape index (κ1) is 19.4. The van der Waals surface area contributed by atoms with E-state index in [4.69, 9.17) is 12.2 Å². The maximum Gasteiger partial charge on any atom is 0.170 e. The summed E-state index contributed by atoms with van der Waals surface area (Å²) in [6.07, 6.45) is 0. The lowest BCUT2D eigenvalue weighted by atomic mass is 10.1. The molecule has 0 bridgehead atoms. The number of hydrogen-bond acceptors (Lipinski definition) is 2. The van der Waals surface area contributed by atoms with Crippen molar-refractivity contribution in [2.45, 2.75) is 33.7 Å². The number of rotatable bonds is 7. The Morgan fingerprint density at radius 2 is 1.68 bits per heavy atom. The summed E-state index contributed by atoms with van der Waals surface area (Å²) in [7, 11) is 0. The number of thiocarbonyl (C=S) groups is 1. The molecule has 2 aromatic rings. The Hall–Kier alpha value is -1.91. The zero-order valence-corrected chi connectivity index (χ0v) is 16.5. The summed E-state index contributed by atoms with van der Waals surface area (Å²) in [6.45, 7) is 11.4. The molecule has 0 aromatic heterocycles. The smallest absolute Gasteiger partial charge is 0.170 e. The maximum atomic E-state index is 5.50. The Morgan fingerprint density at radius 1 is 1.00 bits per heavy atom. The van der Waals surface area contributed by atoms with Crippen LogP contribution < -0.4 is 10.6 Å². The minimum Gasteiger partial charge on any atom is -0.361 e. The molecular formula is C21H29N3S. The molecule has 3 nitrogen and oxygen atoms in total. The van der Waals surface area contributed by atoms with Gasteiger partial charge in [0.25, 0.3) is 0 Å². The Morgan fingerprint density at radius 3 is 2.28 bits per heavy atom. The summed E-state index contributed by atoms with van der Waals surface area (Å²) in [5.41, 5.74) is 4.89. The molecule has 1 atom stereocenters. The summed E-state index contributed by atoms with van der Waals surface area (Å²) >= 11 is 5.50. The second-order valence-corrected chi connectivity index (χ2v) is 6.69. The highest BCUT2D eigenvalue weighted by molar-refractivity contribution is 7.80. The fraction of sp³-hybridized carbons (Fsp3) is 0.381. The van der Waals surface area contributed by atoms with Crippen molar-refractivity contribution in [2.75, 3.05) is 25.0 Å². The molecule has 0 fully saturated rings. The Bertz CT molecular complexity index is 681. The Balaban J connectivity index is 2.01. The number of aryl methyl sites for hydroxylation is 2. The van der Waals surface area contributed by atoms with E-state index in [1.807, 2.05) is 0 Å². The fourth-order valence-electron chi connectivity index (χ4n) is 2.98. The molecule has 2 N–H and O–H groups in total. The SMILES string of the molecule is CCN(CC)[C@H](CNC(=S)Nc1ccc(C)c(C)c1)c1ccccc1. The number of nitrogens with one attached hydrogen (secondary N) is 2. The molecule has 0 aliphatic carbocycles. The normalized spacial score (nSPS) is 12.0. The van der Waals surface area contributed by atoms with E-state index in [0.29, 0.717) is 11.2 Å². The first-order valence-electron chi connectivity index (χ1n) is 8.96. The molecule has 0 aliphatic rings. The van der Waals surface area contributed by atoms with Crippen LogP contribution in [0.5, 0.6) is 0 Å². The van der Waals surface area contributed by atoms with E-state index in [1.165, 1.54) is 16.7 Å². The molecule has 2 aromatic carbocycles. The van der Waals surface area contributed by atoms with Crippen molar-refractivity contribution < 1.29 is 0 Å². The van der Waals surface area contributed by atoms with Crippen LogP contribution in [0.3, 0.4) is 0 Å². The van der Waals surface area contributed by atoms with E-state index in [9.17, 15) is 0 Å². The summed E-state index contributed by atoms with van der Waals surface area (Å²) in [4.78, 5) is 2.45. The van der Waals surface area contributed by atoms with Crippen molar-refractivity contribution in [3.8, 4) is 0 Å². The van der Waals surface area contributed by atoms with Crippen molar-refractivity contribution in [2.24, 2.45) is 0 Å². The summed E-state index contributed by atoms with van der Waals surface area (Å²) in [5, 5.41) is 7.35. The molecule has 0 saturated heterocycles. The van der Waals surface area contributed by atoms with Crippen molar-refractivity contribution >= 4 is 23.0 Å². The van der Waals surface area contributed by atoms with Gasteiger partial charge in [-0.15, -0.1) is 0 Å². The quantitative estimate of drug-likeness (QED) is 0.706. The van der Waals surface area contributed by atoms with Gasteiger partial charge in [-0.1, -0.05) is 50.2 Å². The van der Waals surface area contributed by atoms with Gasteiger partial charge in [0.05, 0.1) is 6.04 Å². The second kappa shape index (κ2) is 9.54. The van der Waals surface area contributed by atoms with Crippen LogP contribution in [0.25, 0.3) is 0 Å². The molecular weight excluding hydrogens is 326 g/mol. The molecule has 2 rings (SSSR count). The van der Waals surface area contributed by atoms with Crippen LogP contribution in [0.1, 0.15) is 36.6 Å². The van der Waals surface area contributed by atoms with Gasteiger partial charge in [0.1, 0.15) is 0 Å². The molecule has 0 aliphatic heterocycles. The monoisotopic (exact) mass is 355 g/mol. The Kier molecular flexibility index (Phi) is 7.41. The minimum absolute atomic E-state index is 0.302. The molecule has 0 heterocycles. The number of likely N-dealkylation sites (N-methyl/N-ethyl adjacent to an activating group) is 1. The predicted octanol–water partition coefficient (Wildman–Crippen LogP) is 4.67. The maximum absolute atomic E-state index is 5.50. The van der Waals surface area contributed by atoms with Gasteiger partial charge in [0.2, 0.25) is 0 Å². The lowest BCUT2D eigenvalue weighted by molar-refractivity contribution is 0.219. The lowest BCUT2D eigenvalue weighted by Crippen LogP contribution is -2.39. The van der Waals surface area contributed by atoms with Crippen molar-refractivity contribution in [1.82, 2.24) is 10.2 Å². The highest BCUT2D eigenvalue weighted by atomic mass is 32.1. The Labute approximate surface area is 157 Å². The van der Waals surface area contributed by atoms with Crippen LogP contribution >= 0.6 is 12.2 Å². The van der Waals surface area contributed by atoms with Gasteiger partial charge in [0, 0.05) is 12.2 Å². The van der Waals surface area contributed by atoms with Crippen LogP contribution in [0.2, 0.25) is 0 Å². The van der Waals surface area contributed by atoms with Crippen LogP contribution in [-0.2, 0) is 0 Å². The minimum atomic E-state index is 0.302. The van der Waals surface area contributed by atoms with Gasteiger partial charge < -0.3 is 10.6 Å². The first-order valence-corrected chi connectivity index (χ1v) is 9.37. The van der Waals surface area contributed by atoms with Crippen LogP contribution in [-0.4, -0.2) is 29.6 Å². The van der Waals surface area contributed by atoms with Crippen LogP contribution in [0, 0.1) is 13.8 Å². The third-order valence-electron chi connectivity index (χ3n) is 4.66. The van der Waals surface area contributed by atoms with Gasteiger partial charge >= 0.3 is 0 Å². The molecule has 0 radical (unpaired) electrons. The van der Waals surface area contributed by atoms with Gasteiger partial charge in [-0.05, 0) is 68.0 Å². The number of benzene rings is 2. The van der Waals surface area contributed by atoms with E-state index < -0.39 is 0 Å². The first-order chi connectivity index (χ1) is 12.0. The highest BCUT2D eigenvalue weighted by Crippen LogP contribution is 2.19. The molecule has 0 amide bonds. The van der Waals surface area contributed by atoms with Gasteiger partial charge in [-0.25, -0.2) is 0 Å². The van der Waals surface area contributed by atoms with Gasteiger partial charge in [-0.2, -0.15) is 0 Å². The van der Waals surface area contributed by atoms with Crippen LogP contribution in [0.4, 0.5) is 5.69 Å².